The van der Waals surface area contributed by atoms with Crippen molar-refractivity contribution in [3.05, 3.63) is 0 Å². The zero-order valence-corrected chi connectivity index (χ0v) is 18.9. The van der Waals surface area contributed by atoms with Gasteiger partial charge in [-0.15, -0.1) is 0 Å². The summed E-state index contributed by atoms with van der Waals surface area (Å²) in [6, 6.07) is 0. The highest BCUT2D eigenvalue weighted by molar-refractivity contribution is 5.01. The van der Waals surface area contributed by atoms with Crippen molar-refractivity contribution in [2.24, 2.45) is 33.5 Å². The Labute approximate surface area is 153 Å². The average Bonchev–Trinajstić information content (AvgIpc) is 2.70. The molecule has 0 spiro atoms. The molecule has 0 bridgehead atoms. The van der Waals surface area contributed by atoms with E-state index in [9.17, 15) is 0 Å². The Morgan fingerprint density at radius 3 is 0.875 bits per heavy atom. The van der Waals surface area contributed by atoms with Crippen LogP contribution in [0.5, 0.6) is 0 Å². The molecule has 0 aromatic rings. The quantitative estimate of drug-likeness (QED) is 0.679. The standard InChI is InChI=1S/2C11H23N/c2*1-9(2)11(5)8-12(6)7-10(11,3)4/h2*9H,7-8H2,1-6H3/t11-;/m0./s1. The first-order valence-corrected chi connectivity index (χ1v) is 9.96. The van der Waals surface area contributed by atoms with E-state index in [4.69, 9.17) is 0 Å². The van der Waals surface area contributed by atoms with E-state index in [0.29, 0.717) is 21.7 Å². The van der Waals surface area contributed by atoms with Crippen molar-refractivity contribution < 1.29 is 0 Å². The van der Waals surface area contributed by atoms with Gasteiger partial charge in [0.1, 0.15) is 0 Å². The molecule has 2 saturated heterocycles. The lowest BCUT2D eigenvalue weighted by Gasteiger charge is -2.40. The van der Waals surface area contributed by atoms with Gasteiger partial charge < -0.3 is 9.80 Å². The molecular formula is C22H46N2. The summed E-state index contributed by atoms with van der Waals surface area (Å²) in [5.74, 6) is 1.55. The molecule has 2 aliphatic heterocycles. The minimum atomic E-state index is 0.468. The maximum Gasteiger partial charge on any atom is 0.00406 e. The molecule has 2 heteroatoms. The van der Waals surface area contributed by atoms with Crippen LogP contribution in [0.1, 0.15) is 69.2 Å². The minimum Gasteiger partial charge on any atom is -0.305 e. The lowest BCUT2D eigenvalue weighted by Crippen LogP contribution is -2.38. The highest BCUT2D eigenvalue weighted by Gasteiger charge is 2.50. The van der Waals surface area contributed by atoms with Crippen molar-refractivity contribution in [2.75, 3.05) is 40.3 Å². The molecule has 24 heavy (non-hydrogen) atoms. The predicted molar refractivity (Wildman–Crippen MR) is 108 cm³/mol. The van der Waals surface area contributed by atoms with Gasteiger partial charge in [0.2, 0.25) is 0 Å². The monoisotopic (exact) mass is 338 g/mol. The van der Waals surface area contributed by atoms with Gasteiger partial charge in [0.15, 0.2) is 0 Å². The van der Waals surface area contributed by atoms with Crippen LogP contribution in [0.25, 0.3) is 0 Å². The molecule has 2 fully saturated rings. The Balaban J connectivity index is 0.000000240. The van der Waals surface area contributed by atoms with E-state index >= 15 is 0 Å². The Bertz CT molecular complexity index is 384. The second-order valence-corrected chi connectivity index (χ2v) is 11.3. The van der Waals surface area contributed by atoms with Crippen LogP contribution in [0, 0.1) is 33.5 Å². The summed E-state index contributed by atoms with van der Waals surface area (Å²) in [4.78, 5) is 4.92. The van der Waals surface area contributed by atoms with Crippen LogP contribution in [0.15, 0.2) is 0 Å². The molecule has 0 saturated carbocycles. The topological polar surface area (TPSA) is 6.48 Å². The molecule has 2 aliphatic rings. The number of hydrogen-bond acceptors (Lipinski definition) is 2. The number of hydrogen-bond donors (Lipinski definition) is 0. The first-order chi connectivity index (χ1) is 10.6. The fraction of sp³-hybridized carbons (Fsp3) is 1.00. The number of rotatable bonds is 2. The summed E-state index contributed by atoms with van der Waals surface area (Å²) in [5, 5.41) is 0. The van der Waals surface area contributed by atoms with Crippen molar-refractivity contribution in [1.82, 2.24) is 9.80 Å². The van der Waals surface area contributed by atoms with Gasteiger partial charge in [-0.2, -0.15) is 0 Å². The molecule has 144 valence electrons. The normalized spacial score (nSPS) is 36.2. The van der Waals surface area contributed by atoms with Gasteiger partial charge in [0.25, 0.3) is 0 Å². The highest BCUT2D eigenvalue weighted by Crippen LogP contribution is 2.50. The van der Waals surface area contributed by atoms with Gasteiger partial charge in [-0.1, -0.05) is 69.2 Å². The van der Waals surface area contributed by atoms with Crippen LogP contribution >= 0.6 is 0 Å². The second-order valence-electron chi connectivity index (χ2n) is 11.3. The summed E-state index contributed by atoms with van der Waals surface area (Å²) >= 11 is 0. The molecular weight excluding hydrogens is 292 g/mol. The largest absolute Gasteiger partial charge is 0.305 e. The second kappa shape index (κ2) is 6.91. The smallest absolute Gasteiger partial charge is 0.00406 e. The van der Waals surface area contributed by atoms with Crippen LogP contribution in [-0.2, 0) is 0 Å². The van der Waals surface area contributed by atoms with E-state index in [1.165, 1.54) is 26.2 Å². The lowest BCUT2D eigenvalue weighted by molar-refractivity contribution is 0.0948. The Kier molecular flexibility index (Phi) is 6.32. The Morgan fingerprint density at radius 2 is 0.792 bits per heavy atom. The Hall–Kier alpha value is -0.0800. The van der Waals surface area contributed by atoms with Crippen molar-refractivity contribution >= 4 is 0 Å². The highest BCUT2D eigenvalue weighted by atomic mass is 15.2. The van der Waals surface area contributed by atoms with Crippen LogP contribution in [0.3, 0.4) is 0 Å². The van der Waals surface area contributed by atoms with Gasteiger partial charge in [0, 0.05) is 26.2 Å². The van der Waals surface area contributed by atoms with Crippen LogP contribution < -0.4 is 0 Å². The van der Waals surface area contributed by atoms with E-state index in [1.54, 1.807) is 0 Å². The maximum absolute atomic E-state index is 2.46. The fourth-order valence-electron chi connectivity index (χ4n) is 5.30. The molecule has 2 rings (SSSR count). The van der Waals surface area contributed by atoms with E-state index in [1.807, 2.05) is 0 Å². The minimum absolute atomic E-state index is 0.468. The van der Waals surface area contributed by atoms with Gasteiger partial charge >= 0.3 is 0 Å². The molecule has 2 atom stereocenters. The van der Waals surface area contributed by atoms with Gasteiger partial charge in [0.05, 0.1) is 0 Å². The number of nitrogens with zero attached hydrogens (tertiary/aromatic N) is 2. The van der Waals surface area contributed by atoms with Gasteiger partial charge in [-0.3, -0.25) is 0 Å². The first kappa shape index (κ1) is 22.0. The van der Waals surface area contributed by atoms with Crippen LogP contribution in [0.4, 0.5) is 0 Å². The number of likely N-dealkylation sites (tertiary alicyclic amines) is 2. The first-order valence-electron chi connectivity index (χ1n) is 9.96. The summed E-state index contributed by atoms with van der Waals surface area (Å²) in [6.07, 6.45) is 0. The Morgan fingerprint density at radius 1 is 0.542 bits per heavy atom. The third kappa shape index (κ3) is 3.85. The summed E-state index contributed by atoms with van der Waals surface area (Å²) < 4.78 is 0. The van der Waals surface area contributed by atoms with Crippen molar-refractivity contribution in [3.63, 3.8) is 0 Å². The molecule has 0 aliphatic carbocycles. The third-order valence-electron chi connectivity index (χ3n) is 8.17. The molecule has 0 N–H and O–H groups in total. The summed E-state index contributed by atoms with van der Waals surface area (Å²) in [7, 11) is 4.46. The molecule has 0 radical (unpaired) electrons. The molecule has 1 unspecified atom stereocenters. The predicted octanol–water partition coefficient (Wildman–Crippen LogP) is 5.24. The molecule has 0 amide bonds. The van der Waals surface area contributed by atoms with Crippen molar-refractivity contribution in [1.29, 1.82) is 0 Å². The van der Waals surface area contributed by atoms with Crippen LogP contribution in [0.2, 0.25) is 0 Å². The van der Waals surface area contributed by atoms with E-state index in [-0.39, 0.29) is 0 Å². The SMILES string of the molecule is CC(C)C1(C)CN(C)CC1(C)C.CC(C)[C@]1(C)CN(C)CC1(C)C. The van der Waals surface area contributed by atoms with Crippen molar-refractivity contribution in [3.8, 4) is 0 Å². The maximum atomic E-state index is 2.46. The van der Waals surface area contributed by atoms with E-state index < -0.39 is 0 Å². The lowest BCUT2D eigenvalue weighted by atomic mass is 9.63. The zero-order chi connectivity index (χ0) is 19.1. The summed E-state index contributed by atoms with van der Waals surface area (Å²) in [6.45, 7) is 28.8. The van der Waals surface area contributed by atoms with Gasteiger partial charge in [-0.25, -0.2) is 0 Å². The van der Waals surface area contributed by atoms with E-state index in [0.717, 1.165) is 11.8 Å². The molecule has 0 aromatic carbocycles. The van der Waals surface area contributed by atoms with Crippen molar-refractivity contribution in [2.45, 2.75) is 69.2 Å². The van der Waals surface area contributed by atoms with E-state index in [2.05, 4.69) is 93.1 Å². The molecule has 2 heterocycles. The third-order valence-corrected chi connectivity index (χ3v) is 8.17. The average molecular weight is 339 g/mol. The zero-order valence-electron chi connectivity index (χ0n) is 18.9. The fourth-order valence-corrected chi connectivity index (χ4v) is 5.30. The summed E-state index contributed by atoms with van der Waals surface area (Å²) in [5.41, 5.74) is 1.91. The molecule has 2 nitrogen and oxygen atoms in total. The molecule has 0 aromatic heterocycles. The van der Waals surface area contributed by atoms with Gasteiger partial charge in [-0.05, 0) is 47.6 Å². The van der Waals surface area contributed by atoms with Crippen LogP contribution in [-0.4, -0.2) is 50.1 Å².